The summed E-state index contributed by atoms with van der Waals surface area (Å²) in [5, 5.41) is 2.28. The van der Waals surface area contributed by atoms with Gasteiger partial charge >= 0.3 is 0 Å². The van der Waals surface area contributed by atoms with E-state index in [9.17, 15) is 4.79 Å². The van der Waals surface area contributed by atoms with Gasteiger partial charge in [0, 0.05) is 6.42 Å². The van der Waals surface area contributed by atoms with Crippen LogP contribution in [0.2, 0.25) is 5.04 Å². The van der Waals surface area contributed by atoms with Gasteiger partial charge in [-0.3, -0.25) is 4.79 Å². The number of carbonyl (C=O) groups excluding carboxylic acids is 1. The Bertz CT molecular complexity index is 1520. The zero-order chi connectivity index (χ0) is 30.8. The summed E-state index contributed by atoms with van der Waals surface area (Å²) in [4.78, 5) is 16.7. The molecule has 2 saturated heterocycles. The first-order valence-corrected chi connectivity index (χ1v) is 17.6. The van der Waals surface area contributed by atoms with E-state index in [-0.39, 0.29) is 29.3 Å². The first-order chi connectivity index (χ1) is 21.3. The first kappa shape index (κ1) is 30.3. The molecule has 5 heteroatoms. The van der Waals surface area contributed by atoms with Gasteiger partial charge in [0.05, 0.1) is 18.1 Å². The van der Waals surface area contributed by atoms with Crippen molar-refractivity contribution in [3.8, 4) is 0 Å². The zero-order valence-corrected chi connectivity index (χ0v) is 27.1. The Morgan fingerprint density at radius 1 is 0.864 bits per heavy atom. The van der Waals surface area contributed by atoms with E-state index in [1.165, 1.54) is 10.4 Å². The summed E-state index contributed by atoms with van der Waals surface area (Å²) in [6.45, 7) is 11.3. The molecule has 4 nitrogen and oxygen atoms in total. The molecule has 4 aromatic carbocycles. The smallest absolute Gasteiger partial charge is 0.261 e. The molecule has 0 aliphatic carbocycles. The van der Waals surface area contributed by atoms with Gasteiger partial charge in [-0.15, -0.1) is 6.58 Å². The van der Waals surface area contributed by atoms with Crippen LogP contribution in [-0.2, 0) is 20.4 Å². The van der Waals surface area contributed by atoms with Crippen LogP contribution in [0.1, 0.15) is 50.8 Å². The van der Waals surface area contributed by atoms with Crippen molar-refractivity contribution in [1.82, 2.24) is 4.90 Å². The second kappa shape index (κ2) is 12.3. The van der Waals surface area contributed by atoms with E-state index >= 15 is 0 Å². The number of fused-ring (bicyclic) bond motifs is 1. The molecular formula is C39H43NO3Si. The summed E-state index contributed by atoms with van der Waals surface area (Å²) in [6, 6.07) is 41.8. The Kier molecular flexibility index (Phi) is 8.47. The molecule has 6 rings (SSSR count). The fourth-order valence-corrected chi connectivity index (χ4v) is 12.1. The lowest BCUT2D eigenvalue weighted by molar-refractivity contribution is -0.138. The van der Waals surface area contributed by atoms with Gasteiger partial charge in [-0.1, -0.05) is 148 Å². The summed E-state index contributed by atoms with van der Waals surface area (Å²) in [7, 11) is -2.83. The van der Waals surface area contributed by atoms with Crippen molar-refractivity contribution in [3.05, 3.63) is 145 Å². The third kappa shape index (κ3) is 5.38. The molecular weight excluding hydrogens is 559 g/mol. The van der Waals surface area contributed by atoms with Crippen molar-refractivity contribution in [2.75, 3.05) is 6.61 Å². The van der Waals surface area contributed by atoms with Crippen LogP contribution in [0.3, 0.4) is 0 Å². The van der Waals surface area contributed by atoms with Crippen molar-refractivity contribution in [2.45, 2.75) is 63.4 Å². The number of ether oxygens (including phenoxy) is 1. The van der Waals surface area contributed by atoms with Gasteiger partial charge in [0.25, 0.3) is 8.32 Å². The maximum absolute atomic E-state index is 14.7. The van der Waals surface area contributed by atoms with Gasteiger partial charge in [0.15, 0.2) is 0 Å². The van der Waals surface area contributed by atoms with Crippen molar-refractivity contribution >= 4 is 24.6 Å². The second-order valence-electron chi connectivity index (χ2n) is 13.3. The zero-order valence-electron chi connectivity index (χ0n) is 26.1. The van der Waals surface area contributed by atoms with Gasteiger partial charge in [-0.2, -0.15) is 0 Å². The molecule has 2 heterocycles. The number of allylic oxidation sites excluding steroid dienone is 1. The number of rotatable bonds is 10. The highest BCUT2D eigenvalue weighted by atomic mass is 28.4. The molecule has 226 valence electrons. The molecule has 2 aliphatic heterocycles. The van der Waals surface area contributed by atoms with Gasteiger partial charge in [-0.25, -0.2) is 0 Å². The molecule has 2 fully saturated rings. The Hall–Kier alpha value is -3.77. The van der Waals surface area contributed by atoms with Crippen LogP contribution < -0.4 is 10.4 Å². The molecule has 4 atom stereocenters. The largest absolute Gasteiger partial charge is 0.405 e. The maximum atomic E-state index is 14.7. The van der Waals surface area contributed by atoms with Gasteiger partial charge in [-0.05, 0) is 39.4 Å². The molecule has 2 aliphatic rings. The molecule has 1 amide bonds. The van der Waals surface area contributed by atoms with Crippen LogP contribution in [-0.4, -0.2) is 38.0 Å². The molecule has 0 unspecified atom stereocenters. The fourth-order valence-electron chi connectivity index (χ4n) is 7.54. The number of hydrogen-bond acceptors (Lipinski definition) is 3. The van der Waals surface area contributed by atoms with Crippen molar-refractivity contribution in [2.24, 2.45) is 5.41 Å². The van der Waals surface area contributed by atoms with Gasteiger partial charge < -0.3 is 14.1 Å². The average molecular weight is 602 g/mol. The van der Waals surface area contributed by atoms with Crippen molar-refractivity contribution in [3.63, 3.8) is 0 Å². The summed E-state index contributed by atoms with van der Waals surface area (Å²) in [5.74, 6) is 0.140. The average Bonchev–Trinajstić information content (AvgIpc) is 3.52. The summed E-state index contributed by atoms with van der Waals surface area (Å²) < 4.78 is 14.3. The number of hydrogen-bond donors (Lipinski definition) is 0. The number of amides is 1. The molecule has 0 saturated carbocycles. The lowest BCUT2D eigenvalue weighted by atomic mass is 9.77. The van der Waals surface area contributed by atoms with Crippen molar-refractivity contribution in [1.29, 1.82) is 0 Å². The van der Waals surface area contributed by atoms with E-state index < -0.39 is 13.7 Å². The van der Waals surface area contributed by atoms with Gasteiger partial charge in [0.1, 0.15) is 12.3 Å². The molecule has 4 aromatic rings. The topological polar surface area (TPSA) is 38.8 Å². The standard InChI is InChI=1S/C39H43NO3Si/c1-5-26-39(27-30-18-10-6-11-19-30)28-35-40(37(39)41)34(36(43-35)31-20-12-7-13-21-31)29-42-44(38(2,3)4,32-22-14-8-15-23-32)33-24-16-9-17-25-33/h5-25,34-36H,1,26-29H2,2-4H3/t34-,35+,36-,39-/m0/s1. The highest BCUT2D eigenvalue weighted by molar-refractivity contribution is 6.99. The monoisotopic (exact) mass is 601 g/mol. The van der Waals surface area contributed by atoms with Crippen LogP contribution >= 0.6 is 0 Å². The minimum Gasteiger partial charge on any atom is -0.405 e. The quantitative estimate of drug-likeness (QED) is 0.144. The first-order valence-electron chi connectivity index (χ1n) is 15.7. The Morgan fingerprint density at radius 3 is 1.91 bits per heavy atom. The number of nitrogens with zero attached hydrogens (tertiary/aromatic N) is 1. The minimum absolute atomic E-state index is 0.140. The molecule has 0 bridgehead atoms. The highest BCUT2D eigenvalue weighted by Gasteiger charge is 2.60. The van der Waals surface area contributed by atoms with Crippen molar-refractivity contribution < 1.29 is 14.0 Å². The normalized spacial score (nSPS) is 23.5. The summed E-state index contributed by atoms with van der Waals surface area (Å²) in [5.41, 5.74) is 1.64. The third-order valence-electron chi connectivity index (χ3n) is 9.51. The van der Waals surface area contributed by atoms with Crippen LogP contribution in [0.5, 0.6) is 0 Å². The van der Waals surface area contributed by atoms with Crippen LogP contribution in [0.15, 0.2) is 134 Å². The number of carbonyl (C=O) groups is 1. The van der Waals surface area contributed by atoms with E-state index in [2.05, 4.69) is 112 Å². The highest BCUT2D eigenvalue weighted by Crippen LogP contribution is 2.51. The van der Waals surface area contributed by atoms with E-state index in [0.717, 1.165) is 11.1 Å². The van der Waals surface area contributed by atoms with E-state index in [0.29, 0.717) is 25.9 Å². The Labute approximate surface area is 263 Å². The molecule has 0 radical (unpaired) electrons. The minimum atomic E-state index is -2.83. The van der Waals surface area contributed by atoms with Gasteiger partial charge in [0.2, 0.25) is 5.91 Å². The van der Waals surface area contributed by atoms with E-state index in [1.54, 1.807) is 0 Å². The molecule has 0 N–H and O–H groups in total. The van der Waals surface area contributed by atoms with Crippen LogP contribution in [0, 0.1) is 5.41 Å². The third-order valence-corrected chi connectivity index (χ3v) is 14.5. The molecule has 44 heavy (non-hydrogen) atoms. The van der Waals surface area contributed by atoms with E-state index in [4.69, 9.17) is 9.16 Å². The predicted molar refractivity (Wildman–Crippen MR) is 180 cm³/mol. The summed E-state index contributed by atoms with van der Waals surface area (Å²) >= 11 is 0. The van der Waals surface area contributed by atoms with E-state index in [1.807, 2.05) is 47.4 Å². The predicted octanol–water partition coefficient (Wildman–Crippen LogP) is 7.07. The lowest BCUT2D eigenvalue weighted by Gasteiger charge is -2.44. The number of benzene rings is 4. The van der Waals surface area contributed by atoms with Crippen LogP contribution in [0.25, 0.3) is 0 Å². The van der Waals surface area contributed by atoms with Crippen LogP contribution in [0.4, 0.5) is 0 Å². The Morgan fingerprint density at radius 2 is 1.39 bits per heavy atom. The Balaban J connectivity index is 1.41. The fraction of sp³-hybridized carbons (Fsp3) is 0.308. The summed E-state index contributed by atoms with van der Waals surface area (Å²) in [6.07, 6.45) is 3.20. The lowest BCUT2D eigenvalue weighted by Crippen LogP contribution is -2.67. The molecule has 0 spiro atoms. The molecule has 0 aromatic heterocycles. The maximum Gasteiger partial charge on any atom is 0.261 e. The second-order valence-corrected chi connectivity index (χ2v) is 17.6. The SMILES string of the molecule is C=CC[C@]1(Cc2ccccc2)C[C@H]2O[C@@H](c3ccccc3)[C@H](CO[Si](c3ccccc3)(c3ccccc3)C(C)(C)C)N2C1=O.